The van der Waals surface area contributed by atoms with Crippen molar-refractivity contribution in [3.8, 4) is 5.69 Å². The molecule has 1 atom stereocenters. The lowest BCUT2D eigenvalue weighted by Gasteiger charge is -2.47. The molecular weight excluding hydrogens is 373 g/mol. The molecule has 1 aromatic carbocycles. The minimum Gasteiger partial charge on any atom is -0.381 e. The highest BCUT2D eigenvalue weighted by molar-refractivity contribution is 6.33. The summed E-state index contributed by atoms with van der Waals surface area (Å²) in [7, 11) is 0. The van der Waals surface area contributed by atoms with Crippen LogP contribution in [0.2, 0.25) is 10.0 Å². The Hall–Kier alpha value is -1.60. The van der Waals surface area contributed by atoms with E-state index in [2.05, 4.69) is 20.2 Å². The quantitative estimate of drug-likeness (QED) is 0.863. The van der Waals surface area contributed by atoms with Crippen LogP contribution in [0.25, 0.3) is 5.69 Å². The van der Waals surface area contributed by atoms with Crippen LogP contribution in [0, 0.1) is 6.92 Å². The summed E-state index contributed by atoms with van der Waals surface area (Å²) in [6.07, 6.45) is 1.61. The van der Waals surface area contributed by atoms with E-state index >= 15 is 0 Å². The fourth-order valence-electron chi connectivity index (χ4n) is 3.60. The topological polar surface area (TPSA) is 53.4 Å². The number of rotatable bonds is 4. The van der Waals surface area contributed by atoms with Gasteiger partial charge in [-0.2, -0.15) is 9.78 Å². The molecule has 1 aromatic heterocycles. The summed E-state index contributed by atoms with van der Waals surface area (Å²) in [5, 5.41) is 8.31. The lowest BCUT2D eigenvalue weighted by molar-refractivity contribution is 0.0189. The van der Waals surface area contributed by atoms with Crippen LogP contribution < -0.4 is 10.9 Å². The summed E-state index contributed by atoms with van der Waals surface area (Å²) >= 11 is 12.5. The fourth-order valence-corrected chi connectivity index (χ4v) is 3.97. The van der Waals surface area contributed by atoms with E-state index in [1.54, 1.807) is 18.3 Å². The molecule has 1 N–H and O–H groups in total. The third kappa shape index (κ3) is 3.34. The molecule has 2 bridgehead atoms. The predicted molar refractivity (Wildman–Crippen MR) is 105 cm³/mol. The third-order valence-corrected chi connectivity index (χ3v) is 6.01. The highest BCUT2D eigenvalue weighted by Gasteiger charge is 2.31. The van der Waals surface area contributed by atoms with Gasteiger partial charge in [-0.05, 0) is 24.6 Å². The van der Waals surface area contributed by atoms with Gasteiger partial charge in [0.15, 0.2) is 0 Å². The highest BCUT2D eigenvalue weighted by atomic mass is 35.5. The Morgan fingerprint density at radius 2 is 2.00 bits per heavy atom. The van der Waals surface area contributed by atoms with Gasteiger partial charge in [0.25, 0.3) is 5.56 Å². The number of hydrogen-bond acceptors (Lipinski definition) is 5. The van der Waals surface area contributed by atoms with E-state index in [1.165, 1.54) is 4.68 Å². The van der Waals surface area contributed by atoms with Crippen LogP contribution in [0.1, 0.15) is 5.56 Å². The SMILES string of the molecule is Cc1ccc(-n2ncc(NCC3CN4CCN3CC4)c(Cl)c2=O)cc1Cl. The standard InChI is InChI=1S/C18H21Cl2N5O/c1-12-2-3-13(8-15(12)19)25-18(26)17(20)16(10-22-25)21-9-14-11-23-4-6-24(14)7-5-23/h2-3,8,10,14,21H,4-7,9,11H2,1H3. The summed E-state index contributed by atoms with van der Waals surface area (Å²) in [4.78, 5) is 17.6. The summed E-state index contributed by atoms with van der Waals surface area (Å²) < 4.78 is 1.27. The van der Waals surface area contributed by atoms with E-state index in [1.807, 2.05) is 13.0 Å². The van der Waals surface area contributed by atoms with Crippen LogP contribution in [-0.2, 0) is 0 Å². The van der Waals surface area contributed by atoms with Crippen LogP contribution in [-0.4, -0.2) is 64.9 Å². The number of halogens is 2. The van der Waals surface area contributed by atoms with E-state index in [9.17, 15) is 4.79 Å². The molecule has 0 spiro atoms. The molecule has 0 saturated carbocycles. The first-order valence-electron chi connectivity index (χ1n) is 8.77. The summed E-state index contributed by atoms with van der Waals surface area (Å²) in [5.41, 5.74) is 1.76. The van der Waals surface area contributed by atoms with Crippen molar-refractivity contribution in [3.63, 3.8) is 0 Å². The van der Waals surface area contributed by atoms with Gasteiger partial charge < -0.3 is 5.32 Å². The number of anilines is 1. The molecule has 4 heterocycles. The van der Waals surface area contributed by atoms with E-state index in [0.29, 0.717) is 22.4 Å². The maximum atomic E-state index is 12.6. The Morgan fingerprint density at radius 3 is 2.65 bits per heavy atom. The maximum absolute atomic E-state index is 12.6. The number of aryl methyl sites for hydroxylation is 1. The zero-order valence-electron chi connectivity index (χ0n) is 14.6. The Labute approximate surface area is 162 Å². The van der Waals surface area contributed by atoms with E-state index < -0.39 is 0 Å². The largest absolute Gasteiger partial charge is 0.381 e. The van der Waals surface area contributed by atoms with Gasteiger partial charge >= 0.3 is 0 Å². The molecule has 6 nitrogen and oxygen atoms in total. The Morgan fingerprint density at radius 1 is 1.23 bits per heavy atom. The van der Waals surface area contributed by atoms with Gasteiger partial charge in [0.05, 0.1) is 17.6 Å². The molecule has 5 rings (SSSR count). The first kappa shape index (κ1) is 17.8. The van der Waals surface area contributed by atoms with Crippen molar-refractivity contribution < 1.29 is 0 Å². The van der Waals surface area contributed by atoms with E-state index in [4.69, 9.17) is 23.2 Å². The fraction of sp³-hybridized carbons (Fsp3) is 0.444. The molecule has 138 valence electrons. The number of aromatic nitrogens is 2. The van der Waals surface area contributed by atoms with Crippen LogP contribution >= 0.6 is 23.2 Å². The summed E-state index contributed by atoms with van der Waals surface area (Å²) in [5.74, 6) is 0. The van der Waals surface area contributed by atoms with Gasteiger partial charge in [-0.3, -0.25) is 14.6 Å². The van der Waals surface area contributed by atoms with Crippen molar-refractivity contribution in [1.82, 2.24) is 19.6 Å². The monoisotopic (exact) mass is 393 g/mol. The molecular formula is C18H21Cl2N5O. The van der Waals surface area contributed by atoms with Gasteiger partial charge in [0.2, 0.25) is 0 Å². The lowest BCUT2D eigenvalue weighted by atomic mass is 10.1. The van der Waals surface area contributed by atoms with Crippen LogP contribution in [0.5, 0.6) is 0 Å². The summed E-state index contributed by atoms with van der Waals surface area (Å²) in [6, 6.07) is 5.81. The molecule has 1 unspecified atom stereocenters. The normalized spacial score (nSPS) is 24.7. The number of piperazine rings is 3. The number of nitrogens with one attached hydrogen (secondary N) is 1. The molecule has 3 saturated heterocycles. The van der Waals surface area contributed by atoms with Crippen molar-refractivity contribution in [1.29, 1.82) is 0 Å². The molecule has 0 amide bonds. The zero-order valence-corrected chi connectivity index (χ0v) is 16.1. The van der Waals surface area contributed by atoms with Crippen LogP contribution in [0.15, 0.2) is 29.2 Å². The number of benzene rings is 1. The van der Waals surface area contributed by atoms with E-state index in [-0.39, 0.29) is 10.6 Å². The average molecular weight is 394 g/mol. The first-order valence-corrected chi connectivity index (χ1v) is 9.53. The number of nitrogens with zero attached hydrogens (tertiary/aromatic N) is 4. The van der Waals surface area contributed by atoms with Gasteiger partial charge in [0, 0.05) is 50.3 Å². The van der Waals surface area contributed by atoms with Crippen molar-refractivity contribution in [2.45, 2.75) is 13.0 Å². The zero-order chi connectivity index (χ0) is 18.3. The van der Waals surface area contributed by atoms with Gasteiger partial charge in [-0.1, -0.05) is 29.3 Å². The Balaban J connectivity index is 1.52. The average Bonchev–Trinajstić information content (AvgIpc) is 2.66. The number of hydrogen-bond donors (Lipinski definition) is 1. The van der Waals surface area contributed by atoms with Crippen LogP contribution in [0.4, 0.5) is 5.69 Å². The molecule has 0 aliphatic carbocycles. The molecule has 8 heteroatoms. The van der Waals surface area contributed by atoms with Crippen molar-refractivity contribution >= 4 is 28.9 Å². The summed E-state index contributed by atoms with van der Waals surface area (Å²) in [6.45, 7) is 8.21. The second-order valence-electron chi connectivity index (χ2n) is 6.89. The minimum absolute atomic E-state index is 0.146. The second-order valence-corrected chi connectivity index (χ2v) is 7.68. The first-order chi connectivity index (χ1) is 12.5. The van der Waals surface area contributed by atoms with Gasteiger partial charge in [-0.15, -0.1) is 0 Å². The molecule has 2 aromatic rings. The van der Waals surface area contributed by atoms with Gasteiger partial charge in [0.1, 0.15) is 5.02 Å². The smallest absolute Gasteiger partial charge is 0.292 e. The lowest BCUT2D eigenvalue weighted by Crippen LogP contribution is -2.62. The second kappa shape index (κ2) is 7.19. The molecule has 26 heavy (non-hydrogen) atoms. The van der Waals surface area contributed by atoms with E-state index in [0.717, 1.165) is 44.8 Å². The third-order valence-electron chi connectivity index (χ3n) is 5.24. The minimum atomic E-state index is -0.356. The Bertz CT molecular complexity index is 876. The van der Waals surface area contributed by atoms with Crippen LogP contribution in [0.3, 0.4) is 0 Å². The molecule has 3 aliphatic rings. The predicted octanol–water partition coefficient (Wildman–Crippen LogP) is 2.26. The number of fused-ring (bicyclic) bond motifs is 3. The van der Waals surface area contributed by atoms with Crippen molar-refractivity contribution in [3.05, 3.63) is 50.4 Å². The van der Waals surface area contributed by atoms with Crippen molar-refractivity contribution in [2.24, 2.45) is 0 Å². The Kier molecular flexibility index (Phi) is 4.92. The molecule has 3 aliphatic heterocycles. The molecule has 3 fully saturated rings. The highest BCUT2D eigenvalue weighted by Crippen LogP contribution is 2.21. The van der Waals surface area contributed by atoms with Gasteiger partial charge in [-0.25, -0.2) is 0 Å². The maximum Gasteiger partial charge on any atom is 0.292 e. The van der Waals surface area contributed by atoms with Crippen molar-refractivity contribution in [2.75, 3.05) is 44.6 Å². The molecule has 0 radical (unpaired) electrons.